The van der Waals surface area contributed by atoms with Crippen molar-refractivity contribution in [2.24, 2.45) is 0 Å². The molecule has 0 atom stereocenters. The fourth-order valence-corrected chi connectivity index (χ4v) is 1.39. The van der Waals surface area contributed by atoms with Crippen LogP contribution < -0.4 is 0 Å². The topological polar surface area (TPSA) is 6.48 Å². The third kappa shape index (κ3) is 4.24. The summed E-state index contributed by atoms with van der Waals surface area (Å²) in [5.74, 6) is -1.01. The van der Waals surface area contributed by atoms with Crippen molar-refractivity contribution < 1.29 is 8.78 Å². The van der Waals surface area contributed by atoms with E-state index in [2.05, 4.69) is 4.90 Å². The van der Waals surface area contributed by atoms with Crippen LogP contribution in [-0.4, -0.2) is 44.0 Å². The predicted octanol–water partition coefficient (Wildman–Crippen LogP) is 1.96. The molecule has 0 radical (unpaired) electrons. The minimum absolute atomic E-state index is 0.475. The van der Waals surface area contributed by atoms with E-state index >= 15 is 0 Å². The van der Waals surface area contributed by atoms with Crippen LogP contribution in [0.3, 0.4) is 0 Å². The van der Waals surface area contributed by atoms with E-state index < -0.39 is 11.6 Å². The fourth-order valence-electron chi connectivity index (χ4n) is 1.39. The highest BCUT2D eigenvalue weighted by molar-refractivity contribution is 5.18. The first kappa shape index (κ1) is 13.1. The maximum Gasteiger partial charge on any atom is 0.130 e. The van der Waals surface area contributed by atoms with Crippen molar-refractivity contribution >= 4 is 0 Å². The molecule has 4 heteroatoms. The number of nitrogens with zero attached hydrogens (tertiary/aromatic N) is 2. The molecule has 0 aliphatic heterocycles. The summed E-state index contributed by atoms with van der Waals surface area (Å²) in [4.78, 5) is 4.08. The monoisotopic (exact) mass is 228 g/mol. The van der Waals surface area contributed by atoms with Crippen molar-refractivity contribution in [3.05, 3.63) is 35.4 Å². The molecule has 0 fully saturated rings. The lowest BCUT2D eigenvalue weighted by molar-refractivity contribution is 0.273. The number of hydrogen-bond acceptors (Lipinski definition) is 2. The summed E-state index contributed by atoms with van der Waals surface area (Å²) in [5.41, 5.74) is 0.530. The van der Waals surface area contributed by atoms with Gasteiger partial charge >= 0.3 is 0 Å². The Bertz CT molecular complexity index is 340. The summed E-state index contributed by atoms with van der Waals surface area (Å²) < 4.78 is 26.0. The number of halogens is 2. The summed E-state index contributed by atoms with van der Waals surface area (Å²) >= 11 is 0. The van der Waals surface area contributed by atoms with E-state index in [9.17, 15) is 8.78 Å². The lowest BCUT2D eigenvalue weighted by Gasteiger charge is -2.19. The molecular weight excluding hydrogens is 210 g/mol. The highest BCUT2D eigenvalue weighted by Crippen LogP contribution is 2.11. The maximum atomic E-state index is 13.3. The molecule has 0 amide bonds. The molecule has 90 valence electrons. The molecule has 0 unspecified atom stereocenters. The molecule has 0 heterocycles. The maximum absolute atomic E-state index is 13.3. The average molecular weight is 228 g/mol. The molecule has 0 spiro atoms. The van der Waals surface area contributed by atoms with Gasteiger partial charge in [-0.15, -0.1) is 0 Å². The highest BCUT2D eigenvalue weighted by atomic mass is 19.1. The van der Waals surface area contributed by atoms with E-state index in [4.69, 9.17) is 0 Å². The SMILES string of the molecule is CN(C)CCN(C)Cc1ccc(F)cc1F. The molecule has 1 aromatic rings. The molecule has 0 bridgehead atoms. The Labute approximate surface area is 95.5 Å². The molecule has 0 aliphatic carbocycles. The van der Waals surface area contributed by atoms with Gasteiger partial charge in [0.2, 0.25) is 0 Å². The lowest BCUT2D eigenvalue weighted by atomic mass is 10.2. The average Bonchev–Trinajstić information content (AvgIpc) is 2.19. The second kappa shape index (κ2) is 5.92. The quantitative estimate of drug-likeness (QED) is 0.760. The van der Waals surface area contributed by atoms with Gasteiger partial charge in [-0.25, -0.2) is 8.78 Å². The van der Waals surface area contributed by atoms with Crippen molar-refractivity contribution in [3.63, 3.8) is 0 Å². The van der Waals surface area contributed by atoms with Crippen LogP contribution >= 0.6 is 0 Å². The second-order valence-electron chi connectivity index (χ2n) is 4.28. The van der Waals surface area contributed by atoms with Gasteiger partial charge in [0.05, 0.1) is 0 Å². The van der Waals surface area contributed by atoms with E-state index in [0.717, 1.165) is 19.2 Å². The van der Waals surface area contributed by atoms with Crippen LogP contribution in [0.4, 0.5) is 8.78 Å². The first-order chi connectivity index (χ1) is 7.49. The smallest absolute Gasteiger partial charge is 0.130 e. The summed E-state index contributed by atoms with van der Waals surface area (Å²) in [6, 6.07) is 3.71. The highest BCUT2D eigenvalue weighted by Gasteiger charge is 2.06. The molecule has 16 heavy (non-hydrogen) atoms. The van der Waals surface area contributed by atoms with Crippen LogP contribution in [-0.2, 0) is 6.54 Å². The van der Waals surface area contributed by atoms with E-state index in [1.54, 1.807) is 0 Å². The van der Waals surface area contributed by atoms with Gasteiger partial charge < -0.3 is 9.80 Å². The molecule has 1 rings (SSSR count). The third-order valence-corrected chi connectivity index (χ3v) is 2.38. The van der Waals surface area contributed by atoms with Gasteiger partial charge in [-0.05, 0) is 27.2 Å². The van der Waals surface area contributed by atoms with Gasteiger partial charge in [0, 0.05) is 31.3 Å². The zero-order valence-electron chi connectivity index (χ0n) is 10.0. The normalized spacial score (nSPS) is 11.4. The van der Waals surface area contributed by atoms with Crippen LogP contribution in [0.25, 0.3) is 0 Å². The predicted molar refractivity (Wildman–Crippen MR) is 61.2 cm³/mol. The van der Waals surface area contributed by atoms with Crippen LogP contribution in [0, 0.1) is 11.6 Å². The van der Waals surface area contributed by atoms with E-state index in [1.807, 2.05) is 26.0 Å². The van der Waals surface area contributed by atoms with Crippen LogP contribution in [0.5, 0.6) is 0 Å². The summed E-state index contributed by atoms with van der Waals surface area (Å²) in [6.07, 6.45) is 0. The van der Waals surface area contributed by atoms with Crippen LogP contribution in [0.1, 0.15) is 5.56 Å². The van der Waals surface area contributed by atoms with Crippen molar-refractivity contribution in [3.8, 4) is 0 Å². The summed E-state index contributed by atoms with van der Waals surface area (Å²) in [5, 5.41) is 0. The van der Waals surface area contributed by atoms with Gasteiger partial charge in [-0.3, -0.25) is 0 Å². The van der Waals surface area contributed by atoms with Crippen molar-refractivity contribution in [1.29, 1.82) is 0 Å². The standard InChI is InChI=1S/C12H18F2N2/c1-15(2)6-7-16(3)9-10-4-5-11(13)8-12(10)14/h4-5,8H,6-7,9H2,1-3H3. The molecule has 0 saturated heterocycles. The Morgan fingerprint density at radius 1 is 1.06 bits per heavy atom. The first-order valence-electron chi connectivity index (χ1n) is 5.26. The number of hydrogen-bond donors (Lipinski definition) is 0. The fraction of sp³-hybridized carbons (Fsp3) is 0.500. The van der Waals surface area contributed by atoms with Crippen molar-refractivity contribution in [1.82, 2.24) is 9.80 Å². The van der Waals surface area contributed by atoms with E-state index in [1.165, 1.54) is 12.1 Å². The van der Waals surface area contributed by atoms with E-state index in [-0.39, 0.29) is 0 Å². The molecule has 0 aromatic heterocycles. The Morgan fingerprint density at radius 2 is 1.75 bits per heavy atom. The molecule has 0 saturated carbocycles. The third-order valence-electron chi connectivity index (χ3n) is 2.38. The Morgan fingerprint density at radius 3 is 2.31 bits per heavy atom. The minimum atomic E-state index is -0.530. The van der Waals surface area contributed by atoms with Gasteiger partial charge in [0.1, 0.15) is 11.6 Å². The molecular formula is C12H18F2N2. The Balaban J connectivity index is 2.52. The minimum Gasteiger partial charge on any atom is -0.308 e. The first-order valence-corrected chi connectivity index (χ1v) is 5.26. The van der Waals surface area contributed by atoms with Crippen molar-refractivity contribution in [2.75, 3.05) is 34.2 Å². The van der Waals surface area contributed by atoms with Crippen LogP contribution in [0.2, 0.25) is 0 Å². The zero-order valence-corrected chi connectivity index (χ0v) is 10.0. The van der Waals surface area contributed by atoms with Gasteiger partial charge in [0.25, 0.3) is 0 Å². The van der Waals surface area contributed by atoms with Crippen molar-refractivity contribution in [2.45, 2.75) is 6.54 Å². The Kier molecular flexibility index (Phi) is 4.83. The van der Waals surface area contributed by atoms with Gasteiger partial charge in [-0.1, -0.05) is 6.07 Å². The second-order valence-corrected chi connectivity index (χ2v) is 4.28. The number of rotatable bonds is 5. The molecule has 1 aromatic carbocycles. The number of benzene rings is 1. The van der Waals surface area contributed by atoms with Gasteiger partial charge in [0.15, 0.2) is 0 Å². The molecule has 2 nitrogen and oxygen atoms in total. The molecule has 0 N–H and O–H groups in total. The van der Waals surface area contributed by atoms with Gasteiger partial charge in [-0.2, -0.15) is 0 Å². The zero-order chi connectivity index (χ0) is 12.1. The van der Waals surface area contributed by atoms with Crippen LogP contribution in [0.15, 0.2) is 18.2 Å². The lowest BCUT2D eigenvalue weighted by Crippen LogP contribution is -2.28. The summed E-state index contributed by atoms with van der Waals surface area (Å²) in [7, 11) is 5.91. The Hall–Kier alpha value is -1.00. The summed E-state index contributed by atoms with van der Waals surface area (Å²) in [6.45, 7) is 2.27. The number of likely N-dealkylation sites (N-methyl/N-ethyl adjacent to an activating group) is 2. The molecule has 0 aliphatic rings. The largest absolute Gasteiger partial charge is 0.308 e. The van der Waals surface area contributed by atoms with E-state index in [0.29, 0.717) is 12.1 Å².